The monoisotopic (exact) mass is 715 g/mol. The number of unbranched alkanes of at least 4 members (excludes halogenated alkanes) is 24. The van der Waals surface area contributed by atoms with Crippen molar-refractivity contribution in [2.24, 2.45) is 5.73 Å². The molecule has 0 aliphatic rings. The van der Waals surface area contributed by atoms with Crippen molar-refractivity contribution in [3.8, 4) is 0 Å². The Bertz CT molecular complexity index is 825. The maximum atomic E-state index is 12.6. The Balaban J connectivity index is 4.20. The van der Waals surface area contributed by atoms with Gasteiger partial charge >= 0.3 is 7.82 Å². The molecule has 0 aliphatic carbocycles. The van der Waals surface area contributed by atoms with Crippen molar-refractivity contribution in [1.82, 2.24) is 5.32 Å². The van der Waals surface area contributed by atoms with Crippen LogP contribution in [0.1, 0.15) is 194 Å². The summed E-state index contributed by atoms with van der Waals surface area (Å²) in [7, 11) is -4.33. The Hall–Kier alpha value is -1.02. The molecule has 0 rings (SSSR count). The zero-order valence-electron chi connectivity index (χ0n) is 31.9. The molecule has 0 spiro atoms. The van der Waals surface area contributed by atoms with E-state index in [9.17, 15) is 19.4 Å². The lowest BCUT2D eigenvalue weighted by molar-refractivity contribution is -0.123. The van der Waals surface area contributed by atoms with Crippen molar-refractivity contribution < 1.29 is 28.4 Å². The van der Waals surface area contributed by atoms with Crippen LogP contribution in [0.5, 0.6) is 0 Å². The van der Waals surface area contributed by atoms with Gasteiger partial charge in [0.05, 0.1) is 25.4 Å². The van der Waals surface area contributed by atoms with E-state index in [0.717, 1.165) is 38.5 Å². The fourth-order valence-corrected chi connectivity index (χ4v) is 6.67. The molecule has 5 N–H and O–H groups in total. The largest absolute Gasteiger partial charge is 0.472 e. The summed E-state index contributed by atoms with van der Waals surface area (Å²) < 4.78 is 22.0. The summed E-state index contributed by atoms with van der Waals surface area (Å²) in [5.74, 6) is -0.207. The third-order valence-corrected chi connectivity index (χ3v) is 10.0. The number of nitrogens with two attached hydrogens (primary N) is 1. The number of aliphatic hydroxyl groups excluding tert-OH is 1. The first-order chi connectivity index (χ1) is 23.9. The fourth-order valence-electron chi connectivity index (χ4n) is 5.91. The lowest BCUT2D eigenvalue weighted by Gasteiger charge is -2.23. The van der Waals surface area contributed by atoms with Crippen molar-refractivity contribution in [3.63, 3.8) is 0 Å². The number of carbonyl (C=O) groups is 1. The quantitative estimate of drug-likeness (QED) is 0.0284. The molecule has 9 heteroatoms. The van der Waals surface area contributed by atoms with E-state index < -0.39 is 20.0 Å². The second-order valence-electron chi connectivity index (χ2n) is 13.8. The first-order valence-electron chi connectivity index (χ1n) is 20.5. The van der Waals surface area contributed by atoms with Gasteiger partial charge in [-0.15, -0.1) is 0 Å². The number of allylic oxidation sites excluding steroid dienone is 3. The van der Waals surface area contributed by atoms with Crippen molar-refractivity contribution in [3.05, 3.63) is 24.3 Å². The summed E-state index contributed by atoms with van der Waals surface area (Å²) in [5, 5.41) is 13.6. The topological polar surface area (TPSA) is 131 Å². The Labute approximate surface area is 302 Å². The number of hydrogen-bond donors (Lipinski definition) is 4. The molecule has 49 heavy (non-hydrogen) atoms. The lowest BCUT2D eigenvalue weighted by Crippen LogP contribution is -2.45. The predicted octanol–water partition coefficient (Wildman–Crippen LogP) is 11.0. The summed E-state index contributed by atoms with van der Waals surface area (Å²) in [4.78, 5) is 22.5. The molecule has 0 aromatic rings. The first kappa shape index (κ1) is 48.0. The molecule has 0 aromatic heterocycles. The fraction of sp³-hybridized carbons (Fsp3) is 0.875. The molecule has 0 aromatic carbocycles. The van der Waals surface area contributed by atoms with Crippen LogP contribution in [0, 0.1) is 0 Å². The van der Waals surface area contributed by atoms with Gasteiger partial charge in [0.1, 0.15) is 0 Å². The average molecular weight is 715 g/mol. The second-order valence-corrected chi connectivity index (χ2v) is 15.3. The third-order valence-electron chi connectivity index (χ3n) is 9.03. The van der Waals surface area contributed by atoms with Crippen LogP contribution in [-0.2, 0) is 18.4 Å². The minimum atomic E-state index is -4.33. The zero-order valence-corrected chi connectivity index (χ0v) is 32.8. The minimum Gasteiger partial charge on any atom is -0.387 e. The number of rotatable bonds is 38. The molecule has 3 unspecified atom stereocenters. The number of hydrogen-bond acceptors (Lipinski definition) is 6. The normalized spacial score (nSPS) is 14.5. The van der Waals surface area contributed by atoms with E-state index in [0.29, 0.717) is 6.42 Å². The first-order valence-corrected chi connectivity index (χ1v) is 22.0. The number of carbonyl (C=O) groups excluding carboxylic acids is 1. The molecule has 0 fully saturated rings. The Morgan fingerprint density at radius 2 is 1.08 bits per heavy atom. The summed E-state index contributed by atoms with van der Waals surface area (Å²) in [6.45, 7) is 4.09. The summed E-state index contributed by atoms with van der Waals surface area (Å²) in [6.07, 6.45) is 41.0. The van der Waals surface area contributed by atoms with Gasteiger partial charge in [-0.25, -0.2) is 4.57 Å². The standard InChI is InChI=1S/C40H79N2O6P/c1-3-5-7-9-11-13-14-15-16-17-18-19-20-21-22-23-24-26-27-29-31-33-39(43)38(37-48-49(45,46)47-36-35-41)42-40(44)34-32-30-28-25-12-10-8-6-4-2/h24,26,31,33,38-39,43H,3-23,25,27-30,32,34-37,41H2,1-2H3,(H,42,44)(H,45,46)/b26-24+,33-31+. The molecule has 0 saturated carbocycles. The zero-order chi connectivity index (χ0) is 36.1. The maximum Gasteiger partial charge on any atom is 0.472 e. The van der Waals surface area contributed by atoms with Crippen LogP contribution in [0.2, 0.25) is 0 Å². The van der Waals surface area contributed by atoms with Crippen LogP contribution >= 0.6 is 7.82 Å². The number of aliphatic hydroxyl groups is 1. The highest BCUT2D eigenvalue weighted by atomic mass is 31.2. The molecule has 0 aliphatic heterocycles. The average Bonchev–Trinajstić information content (AvgIpc) is 3.09. The Morgan fingerprint density at radius 3 is 1.57 bits per heavy atom. The van der Waals surface area contributed by atoms with E-state index in [1.165, 1.54) is 135 Å². The van der Waals surface area contributed by atoms with E-state index >= 15 is 0 Å². The van der Waals surface area contributed by atoms with Crippen molar-refractivity contribution in [2.45, 2.75) is 206 Å². The molecule has 0 heterocycles. The van der Waals surface area contributed by atoms with Crippen LogP contribution < -0.4 is 11.1 Å². The smallest absolute Gasteiger partial charge is 0.387 e. The van der Waals surface area contributed by atoms with Gasteiger partial charge in [-0.2, -0.15) is 0 Å². The molecule has 0 bridgehead atoms. The van der Waals surface area contributed by atoms with Gasteiger partial charge < -0.3 is 21.1 Å². The third kappa shape index (κ3) is 35.2. The Morgan fingerprint density at radius 1 is 0.653 bits per heavy atom. The van der Waals surface area contributed by atoms with Crippen LogP contribution in [0.15, 0.2) is 24.3 Å². The summed E-state index contributed by atoms with van der Waals surface area (Å²) in [6, 6.07) is -0.870. The van der Waals surface area contributed by atoms with E-state index in [1.807, 2.05) is 6.08 Å². The van der Waals surface area contributed by atoms with E-state index in [1.54, 1.807) is 6.08 Å². The predicted molar refractivity (Wildman–Crippen MR) is 208 cm³/mol. The van der Waals surface area contributed by atoms with Gasteiger partial charge in [0.15, 0.2) is 0 Å². The minimum absolute atomic E-state index is 0.0755. The van der Waals surface area contributed by atoms with Gasteiger partial charge in [-0.1, -0.05) is 179 Å². The van der Waals surface area contributed by atoms with E-state index in [2.05, 4.69) is 31.3 Å². The SMILES string of the molecule is CCCCCCCCCCCCCCCCC/C=C/CC/C=C/C(O)C(COP(=O)(O)OCCN)NC(=O)CCCCCCCCCCC. The highest BCUT2D eigenvalue weighted by Gasteiger charge is 2.26. The molecule has 0 saturated heterocycles. The molecule has 0 radical (unpaired) electrons. The number of amides is 1. The molecule has 290 valence electrons. The molecular formula is C40H79N2O6P. The Kier molecular flexibility index (Phi) is 36.0. The highest BCUT2D eigenvalue weighted by molar-refractivity contribution is 7.47. The van der Waals surface area contributed by atoms with E-state index in [-0.39, 0.29) is 25.7 Å². The van der Waals surface area contributed by atoms with E-state index in [4.69, 9.17) is 14.8 Å². The molecule has 1 amide bonds. The number of nitrogens with one attached hydrogen (secondary N) is 1. The van der Waals surface area contributed by atoms with Crippen LogP contribution in [0.3, 0.4) is 0 Å². The molecular weight excluding hydrogens is 635 g/mol. The molecule has 8 nitrogen and oxygen atoms in total. The van der Waals surface area contributed by atoms with Crippen LogP contribution in [0.4, 0.5) is 0 Å². The van der Waals surface area contributed by atoms with Gasteiger partial charge in [0, 0.05) is 13.0 Å². The van der Waals surface area contributed by atoms with Gasteiger partial charge in [0.25, 0.3) is 0 Å². The number of phosphoric ester groups is 1. The van der Waals surface area contributed by atoms with Crippen molar-refractivity contribution in [2.75, 3.05) is 19.8 Å². The van der Waals surface area contributed by atoms with Crippen molar-refractivity contribution in [1.29, 1.82) is 0 Å². The summed E-state index contributed by atoms with van der Waals surface area (Å²) in [5.41, 5.74) is 5.35. The maximum absolute atomic E-state index is 12.6. The van der Waals surface area contributed by atoms with Crippen LogP contribution in [-0.4, -0.2) is 47.8 Å². The number of phosphoric acid groups is 1. The summed E-state index contributed by atoms with van der Waals surface area (Å²) >= 11 is 0. The second kappa shape index (κ2) is 36.8. The highest BCUT2D eigenvalue weighted by Crippen LogP contribution is 2.43. The lowest BCUT2D eigenvalue weighted by atomic mass is 10.0. The van der Waals surface area contributed by atoms with Crippen molar-refractivity contribution >= 4 is 13.7 Å². The van der Waals surface area contributed by atoms with Crippen LogP contribution in [0.25, 0.3) is 0 Å². The van der Waals surface area contributed by atoms with Gasteiger partial charge in [-0.3, -0.25) is 13.8 Å². The van der Waals surface area contributed by atoms with Gasteiger partial charge in [-0.05, 0) is 32.1 Å². The molecule has 3 atom stereocenters. The van der Waals surface area contributed by atoms with Gasteiger partial charge in [0.2, 0.25) is 5.91 Å².